The molecular formula is C43H48O5. The Morgan fingerprint density at radius 2 is 1.50 bits per heavy atom. The minimum absolute atomic E-state index is 0.0456. The van der Waals surface area contributed by atoms with Gasteiger partial charge in [-0.3, -0.25) is 9.59 Å². The second kappa shape index (κ2) is 12.6. The number of carbonyl (C=O) groups excluding carboxylic acids is 2. The summed E-state index contributed by atoms with van der Waals surface area (Å²) >= 11 is 0. The Kier molecular flexibility index (Phi) is 8.58. The predicted octanol–water partition coefficient (Wildman–Crippen LogP) is 8.21. The second-order valence-corrected chi connectivity index (χ2v) is 15.3. The molecule has 0 radical (unpaired) electrons. The number of aliphatic hydroxyl groups is 1. The SMILES string of the molecule is CC1CC2C3CCC4=CC(=O)C=CC4(C)C3C(O)CC2(C)C1OC(=O)C[C@@H](C)OC(c1ccccc1)(c1ccccc1)c1ccccc1. The topological polar surface area (TPSA) is 72.8 Å². The van der Waals surface area contributed by atoms with Gasteiger partial charge in [0.15, 0.2) is 5.78 Å². The van der Waals surface area contributed by atoms with Gasteiger partial charge >= 0.3 is 5.97 Å². The predicted molar refractivity (Wildman–Crippen MR) is 187 cm³/mol. The summed E-state index contributed by atoms with van der Waals surface area (Å²) in [4.78, 5) is 26.1. The van der Waals surface area contributed by atoms with Crippen molar-refractivity contribution in [1.82, 2.24) is 0 Å². The first-order valence-corrected chi connectivity index (χ1v) is 17.7. The minimum atomic E-state index is -0.924. The fourth-order valence-electron chi connectivity index (χ4n) is 10.4. The third-order valence-electron chi connectivity index (χ3n) is 12.4. The van der Waals surface area contributed by atoms with Gasteiger partial charge < -0.3 is 14.6 Å². The van der Waals surface area contributed by atoms with Crippen LogP contribution in [-0.4, -0.2) is 35.2 Å². The molecule has 0 aliphatic heterocycles. The molecule has 3 aromatic rings. The van der Waals surface area contributed by atoms with Crippen molar-refractivity contribution in [3.05, 3.63) is 131 Å². The highest BCUT2D eigenvalue weighted by Crippen LogP contribution is 2.66. The Labute approximate surface area is 285 Å². The molecule has 5 heteroatoms. The lowest BCUT2D eigenvalue weighted by Crippen LogP contribution is -2.57. The van der Waals surface area contributed by atoms with Crippen molar-refractivity contribution in [3.63, 3.8) is 0 Å². The number of allylic oxidation sites excluding steroid dienone is 4. The summed E-state index contributed by atoms with van der Waals surface area (Å²) in [6.45, 7) is 8.58. The molecule has 9 atom stereocenters. The zero-order valence-corrected chi connectivity index (χ0v) is 28.5. The van der Waals surface area contributed by atoms with Gasteiger partial charge in [0, 0.05) is 16.7 Å². The smallest absolute Gasteiger partial charge is 0.308 e. The van der Waals surface area contributed by atoms with E-state index in [9.17, 15) is 14.7 Å². The Hall–Kier alpha value is -3.80. The van der Waals surface area contributed by atoms with Crippen LogP contribution in [-0.2, 0) is 24.7 Å². The van der Waals surface area contributed by atoms with Crippen LogP contribution in [0.5, 0.6) is 0 Å². The Balaban J connectivity index is 1.12. The number of ether oxygens (including phenoxy) is 2. The van der Waals surface area contributed by atoms with Gasteiger partial charge in [0.2, 0.25) is 0 Å². The largest absolute Gasteiger partial charge is 0.461 e. The number of rotatable bonds is 8. The molecule has 48 heavy (non-hydrogen) atoms. The summed E-state index contributed by atoms with van der Waals surface area (Å²) < 4.78 is 13.5. The molecule has 8 unspecified atom stereocenters. The highest BCUT2D eigenvalue weighted by Gasteiger charge is 2.64. The average Bonchev–Trinajstić information content (AvgIpc) is 3.33. The number of hydrogen-bond acceptors (Lipinski definition) is 5. The van der Waals surface area contributed by atoms with E-state index < -0.39 is 17.8 Å². The van der Waals surface area contributed by atoms with Crippen molar-refractivity contribution in [1.29, 1.82) is 0 Å². The van der Waals surface area contributed by atoms with Crippen LogP contribution in [0.4, 0.5) is 0 Å². The molecule has 4 aliphatic carbocycles. The van der Waals surface area contributed by atoms with Crippen molar-refractivity contribution in [2.75, 3.05) is 0 Å². The van der Waals surface area contributed by atoms with E-state index in [0.717, 1.165) is 41.5 Å². The third kappa shape index (κ3) is 5.40. The van der Waals surface area contributed by atoms with Gasteiger partial charge in [-0.1, -0.05) is 123 Å². The summed E-state index contributed by atoms with van der Waals surface area (Å²) in [7, 11) is 0. The Bertz CT molecular complexity index is 1600. The first-order valence-electron chi connectivity index (χ1n) is 17.7. The molecule has 0 amide bonds. The second-order valence-electron chi connectivity index (χ2n) is 15.3. The maximum absolute atomic E-state index is 13.9. The first kappa shape index (κ1) is 32.7. The summed E-state index contributed by atoms with van der Waals surface area (Å²) in [5.74, 6) is 0.641. The molecule has 0 bridgehead atoms. The van der Waals surface area contributed by atoms with Gasteiger partial charge in [0.25, 0.3) is 0 Å². The molecule has 7 rings (SSSR count). The zero-order valence-electron chi connectivity index (χ0n) is 28.5. The van der Waals surface area contributed by atoms with Gasteiger partial charge in [0.05, 0.1) is 18.6 Å². The van der Waals surface area contributed by atoms with Crippen LogP contribution in [0.3, 0.4) is 0 Å². The van der Waals surface area contributed by atoms with Crippen molar-refractivity contribution in [2.45, 2.75) is 83.7 Å². The van der Waals surface area contributed by atoms with E-state index in [1.54, 1.807) is 12.2 Å². The highest BCUT2D eigenvalue weighted by atomic mass is 16.6. The summed E-state index contributed by atoms with van der Waals surface area (Å²) in [5, 5.41) is 11.8. The quantitative estimate of drug-likeness (QED) is 0.198. The molecule has 0 heterocycles. The van der Waals surface area contributed by atoms with Gasteiger partial charge in [0.1, 0.15) is 11.7 Å². The van der Waals surface area contributed by atoms with Gasteiger partial charge in [-0.25, -0.2) is 0 Å². The van der Waals surface area contributed by atoms with Crippen LogP contribution in [0.2, 0.25) is 0 Å². The van der Waals surface area contributed by atoms with E-state index in [0.29, 0.717) is 18.3 Å². The van der Waals surface area contributed by atoms with E-state index in [4.69, 9.17) is 9.47 Å². The summed E-state index contributed by atoms with van der Waals surface area (Å²) in [5.41, 5.74) is 2.56. The Morgan fingerprint density at radius 1 is 0.938 bits per heavy atom. The summed E-state index contributed by atoms with van der Waals surface area (Å²) in [6.07, 6.45) is 7.71. The molecule has 3 fully saturated rings. The van der Waals surface area contributed by atoms with Crippen LogP contribution in [0.25, 0.3) is 0 Å². The van der Waals surface area contributed by atoms with Crippen molar-refractivity contribution >= 4 is 11.8 Å². The number of ketones is 1. The van der Waals surface area contributed by atoms with Crippen LogP contribution in [0.1, 0.15) is 76.5 Å². The molecule has 0 aromatic heterocycles. The molecular weight excluding hydrogens is 596 g/mol. The maximum atomic E-state index is 13.9. The van der Waals surface area contributed by atoms with Crippen molar-refractivity contribution in [2.24, 2.45) is 34.5 Å². The van der Waals surface area contributed by atoms with E-state index in [2.05, 4.69) is 57.2 Å². The Morgan fingerprint density at radius 3 is 2.06 bits per heavy atom. The number of esters is 1. The standard InChI is InChI=1S/C43H48O5/c1-28-24-36-35-21-20-33-26-34(44)22-23-41(33,3)39(35)37(45)27-42(36,4)40(28)47-38(46)25-29(2)48-43(30-14-8-5-9-15-30,31-16-10-6-11-17-31)32-18-12-7-13-19-32/h5-19,22-23,26,28-29,35-37,39-40,45H,20-21,24-25,27H2,1-4H3/t28?,29-,35?,36?,37?,39?,40?,41?,42?/m1/s1. The van der Waals surface area contributed by atoms with E-state index >= 15 is 0 Å². The lowest BCUT2D eigenvalue weighted by molar-refractivity contribution is -0.174. The molecule has 0 saturated heterocycles. The number of carbonyl (C=O) groups is 2. The average molecular weight is 645 g/mol. The van der Waals surface area contributed by atoms with Crippen LogP contribution < -0.4 is 0 Å². The number of benzene rings is 3. The van der Waals surface area contributed by atoms with E-state index in [1.807, 2.05) is 67.6 Å². The van der Waals surface area contributed by atoms with Gasteiger partial charge in [-0.2, -0.15) is 0 Å². The number of aliphatic hydroxyl groups excluding tert-OH is 1. The fourth-order valence-corrected chi connectivity index (χ4v) is 10.4. The van der Waals surface area contributed by atoms with Crippen LogP contribution in [0, 0.1) is 34.5 Å². The van der Waals surface area contributed by atoms with Crippen molar-refractivity contribution in [3.8, 4) is 0 Å². The van der Waals surface area contributed by atoms with E-state index in [-0.39, 0.29) is 46.9 Å². The van der Waals surface area contributed by atoms with Crippen LogP contribution >= 0.6 is 0 Å². The summed E-state index contributed by atoms with van der Waals surface area (Å²) in [6, 6.07) is 30.6. The monoisotopic (exact) mass is 644 g/mol. The van der Waals surface area contributed by atoms with E-state index in [1.165, 1.54) is 0 Å². The van der Waals surface area contributed by atoms with Crippen molar-refractivity contribution < 1.29 is 24.2 Å². The molecule has 3 aromatic carbocycles. The minimum Gasteiger partial charge on any atom is -0.461 e. The molecule has 3 saturated carbocycles. The number of hydrogen-bond donors (Lipinski definition) is 1. The lowest BCUT2D eigenvalue weighted by atomic mass is 9.47. The van der Waals surface area contributed by atoms with Gasteiger partial charge in [-0.15, -0.1) is 0 Å². The fraction of sp³-hybridized carbons (Fsp3) is 0.442. The molecule has 4 aliphatic rings. The van der Waals surface area contributed by atoms with Gasteiger partial charge in [-0.05, 0) is 79.2 Å². The molecule has 5 nitrogen and oxygen atoms in total. The normalized spacial score (nSPS) is 33.2. The van der Waals surface area contributed by atoms with Crippen LogP contribution in [0.15, 0.2) is 115 Å². The zero-order chi connectivity index (χ0) is 33.7. The maximum Gasteiger partial charge on any atom is 0.308 e. The number of fused-ring (bicyclic) bond motifs is 5. The highest BCUT2D eigenvalue weighted by molar-refractivity contribution is 6.01. The lowest BCUT2D eigenvalue weighted by Gasteiger charge is -2.58. The molecule has 0 spiro atoms. The third-order valence-corrected chi connectivity index (χ3v) is 12.4. The first-order chi connectivity index (χ1) is 23.1. The molecule has 250 valence electrons. The molecule has 1 N–H and O–H groups in total.